The first kappa shape index (κ1) is 27.0. The number of para-hydroxylation sites is 1. The third kappa shape index (κ3) is 4.37. The molecule has 0 N–H and O–H groups in total. The summed E-state index contributed by atoms with van der Waals surface area (Å²) in [5, 5.41) is 10.1. The second-order valence-corrected chi connectivity index (χ2v) is 14.2. The summed E-state index contributed by atoms with van der Waals surface area (Å²) in [6.45, 7) is 0. The summed E-state index contributed by atoms with van der Waals surface area (Å²) in [4.78, 5) is 2.42. The maximum Gasteiger partial charge on any atom is 0.137 e. The van der Waals surface area contributed by atoms with Gasteiger partial charge >= 0.3 is 0 Å². The first-order valence-electron chi connectivity index (χ1n) is 16.9. The topological polar surface area (TPSA) is 16.4 Å². The minimum Gasteiger partial charge on any atom is -0.456 e. The number of anilines is 3. The van der Waals surface area contributed by atoms with Gasteiger partial charge in [0.2, 0.25) is 0 Å². The Hall–Kier alpha value is -5.12. The highest BCUT2D eigenvalue weighted by molar-refractivity contribution is 7.26. The molecule has 2 nitrogen and oxygen atoms in total. The Morgan fingerprint density at radius 2 is 1.19 bits per heavy atom. The molecule has 0 saturated heterocycles. The Balaban J connectivity index is 1.16. The van der Waals surface area contributed by atoms with Gasteiger partial charge in [0.25, 0.3) is 0 Å². The lowest BCUT2D eigenvalue weighted by molar-refractivity contribution is 0.444. The smallest absolute Gasteiger partial charge is 0.137 e. The van der Waals surface area contributed by atoms with Crippen LogP contribution in [0.1, 0.15) is 43.6 Å². The Morgan fingerprint density at radius 1 is 0.511 bits per heavy atom. The summed E-state index contributed by atoms with van der Waals surface area (Å²) >= 11 is 1.87. The number of thiophene rings is 1. The first-order chi connectivity index (χ1) is 23.3. The van der Waals surface area contributed by atoms with Crippen molar-refractivity contribution in [2.75, 3.05) is 4.90 Å². The Kier molecular flexibility index (Phi) is 6.17. The molecule has 0 radical (unpaired) electrons. The monoisotopic (exact) mass is 623 g/mol. The molecule has 10 rings (SSSR count). The fourth-order valence-electron chi connectivity index (χ4n) is 8.10. The second kappa shape index (κ2) is 10.7. The first-order valence-corrected chi connectivity index (χ1v) is 17.7. The highest BCUT2D eigenvalue weighted by Crippen LogP contribution is 2.46. The summed E-state index contributed by atoms with van der Waals surface area (Å²) in [5.74, 6) is 0.709. The van der Waals surface area contributed by atoms with Gasteiger partial charge in [-0.3, -0.25) is 0 Å². The van der Waals surface area contributed by atoms with E-state index in [2.05, 4.69) is 132 Å². The molecule has 2 heterocycles. The van der Waals surface area contributed by atoms with Gasteiger partial charge in [0.15, 0.2) is 0 Å². The fraction of sp³-hybridized carbons (Fsp3) is 0.136. The van der Waals surface area contributed by atoms with Gasteiger partial charge in [-0.2, -0.15) is 0 Å². The molecule has 47 heavy (non-hydrogen) atoms. The molecule has 1 aliphatic rings. The fourth-order valence-corrected chi connectivity index (χ4v) is 9.30. The van der Waals surface area contributed by atoms with E-state index in [0.29, 0.717) is 5.92 Å². The number of benzene rings is 7. The maximum absolute atomic E-state index is 6.40. The highest BCUT2D eigenvalue weighted by atomic mass is 32.1. The number of furan rings is 1. The zero-order chi connectivity index (χ0) is 30.9. The molecule has 0 bridgehead atoms. The summed E-state index contributed by atoms with van der Waals surface area (Å²) < 4.78 is 8.99. The minimum atomic E-state index is 0.709. The van der Waals surface area contributed by atoms with Crippen molar-refractivity contribution in [3.05, 3.63) is 139 Å². The van der Waals surface area contributed by atoms with Gasteiger partial charge in [-0.25, -0.2) is 0 Å². The largest absolute Gasteiger partial charge is 0.456 e. The van der Waals surface area contributed by atoms with E-state index in [0.717, 1.165) is 33.3 Å². The molecule has 1 saturated carbocycles. The molecule has 1 fully saturated rings. The molecule has 0 atom stereocenters. The molecule has 7 aromatic carbocycles. The van der Waals surface area contributed by atoms with Crippen molar-refractivity contribution in [3.8, 4) is 0 Å². The van der Waals surface area contributed by atoms with Gasteiger partial charge in [0.05, 0.1) is 10.4 Å². The van der Waals surface area contributed by atoms with Crippen LogP contribution in [-0.4, -0.2) is 0 Å². The van der Waals surface area contributed by atoms with E-state index in [-0.39, 0.29) is 0 Å². The average Bonchev–Trinajstić information content (AvgIpc) is 3.70. The summed E-state index contributed by atoms with van der Waals surface area (Å²) in [6, 6.07) is 49.3. The lowest BCUT2D eigenvalue weighted by Gasteiger charge is -2.26. The molecule has 3 heteroatoms. The van der Waals surface area contributed by atoms with E-state index in [4.69, 9.17) is 4.42 Å². The van der Waals surface area contributed by atoms with Crippen LogP contribution < -0.4 is 4.90 Å². The number of fused-ring (bicyclic) bond motifs is 9. The summed E-state index contributed by atoms with van der Waals surface area (Å²) in [6.07, 6.45) is 6.75. The zero-order valence-electron chi connectivity index (χ0n) is 26.1. The molecular weight excluding hydrogens is 591 g/mol. The van der Waals surface area contributed by atoms with Crippen LogP contribution in [0.5, 0.6) is 0 Å². The van der Waals surface area contributed by atoms with Crippen molar-refractivity contribution in [3.63, 3.8) is 0 Å². The van der Waals surface area contributed by atoms with Crippen LogP contribution in [0.15, 0.2) is 138 Å². The molecule has 1 aliphatic carbocycles. The van der Waals surface area contributed by atoms with E-state index in [1.165, 1.54) is 85.1 Å². The van der Waals surface area contributed by atoms with Crippen LogP contribution in [0.25, 0.3) is 63.7 Å². The average molecular weight is 624 g/mol. The SMILES string of the molecule is c1ccc2c(c1)oc1cc(N(c3ccc4c(ccc5cc(C6CCCCC6)ccc54)c3)c3cccc4c3sc3ccccc34)ccc12. The van der Waals surface area contributed by atoms with Crippen LogP contribution >= 0.6 is 11.3 Å². The number of nitrogens with zero attached hydrogens (tertiary/aromatic N) is 1. The van der Waals surface area contributed by atoms with E-state index >= 15 is 0 Å². The van der Waals surface area contributed by atoms with Gasteiger partial charge in [0, 0.05) is 43.7 Å². The van der Waals surface area contributed by atoms with Gasteiger partial charge in [-0.15, -0.1) is 11.3 Å². The lowest BCUT2D eigenvalue weighted by Crippen LogP contribution is -2.10. The van der Waals surface area contributed by atoms with Crippen LogP contribution in [0.4, 0.5) is 17.1 Å². The van der Waals surface area contributed by atoms with Gasteiger partial charge in [-0.05, 0) is 88.3 Å². The van der Waals surface area contributed by atoms with Gasteiger partial charge in [-0.1, -0.05) is 104 Å². The predicted octanol–water partition coefficient (Wildman–Crippen LogP) is 13.8. The number of hydrogen-bond donors (Lipinski definition) is 0. The van der Waals surface area contributed by atoms with E-state index in [1.54, 1.807) is 0 Å². The summed E-state index contributed by atoms with van der Waals surface area (Å²) in [5.41, 5.74) is 6.72. The van der Waals surface area contributed by atoms with Crippen molar-refractivity contribution >= 4 is 92.1 Å². The predicted molar refractivity (Wildman–Crippen MR) is 202 cm³/mol. The standard InChI is InChI=1S/C44H33NOS/c1-2-9-28(10-3-1)29-19-22-34-30(25-29)17-18-31-26-32(20-23-35(31)34)45(33-21-24-37-36-11-4-6-15-41(36)46-42(37)27-33)40-14-8-13-39-38-12-5-7-16-43(38)47-44(39)40/h4-8,11-28H,1-3,9-10H2. The van der Waals surface area contributed by atoms with Crippen molar-refractivity contribution in [2.45, 2.75) is 38.0 Å². The van der Waals surface area contributed by atoms with Crippen molar-refractivity contribution in [1.29, 1.82) is 0 Å². The van der Waals surface area contributed by atoms with E-state index < -0.39 is 0 Å². The molecule has 0 spiro atoms. The molecular formula is C44H33NOS. The van der Waals surface area contributed by atoms with Crippen molar-refractivity contribution < 1.29 is 4.42 Å². The zero-order valence-corrected chi connectivity index (χ0v) is 26.9. The van der Waals surface area contributed by atoms with Crippen LogP contribution in [0.3, 0.4) is 0 Å². The number of rotatable bonds is 4. The van der Waals surface area contributed by atoms with E-state index in [9.17, 15) is 0 Å². The molecule has 0 amide bonds. The highest BCUT2D eigenvalue weighted by Gasteiger charge is 2.21. The van der Waals surface area contributed by atoms with Crippen molar-refractivity contribution in [2.24, 2.45) is 0 Å². The third-order valence-electron chi connectivity index (χ3n) is 10.4. The van der Waals surface area contributed by atoms with Crippen LogP contribution in [-0.2, 0) is 0 Å². The molecule has 0 unspecified atom stereocenters. The maximum atomic E-state index is 6.40. The van der Waals surface area contributed by atoms with Gasteiger partial charge in [0.1, 0.15) is 11.2 Å². The Bertz CT molecular complexity index is 2640. The van der Waals surface area contributed by atoms with E-state index in [1.807, 2.05) is 17.4 Å². The second-order valence-electron chi connectivity index (χ2n) is 13.2. The molecule has 9 aromatic rings. The van der Waals surface area contributed by atoms with Crippen LogP contribution in [0.2, 0.25) is 0 Å². The normalized spacial score (nSPS) is 14.3. The Labute approximate surface area is 277 Å². The Morgan fingerprint density at radius 3 is 2.06 bits per heavy atom. The molecule has 2 aromatic heterocycles. The minimum absolute atomic E-state index is 0.709. The van der Waals surface area contributed by atoms with Gasteiger partial charge < -0.3 is 9.32 Å². The third-order valence-corrected chi connectivity index (χ3v) is 11.6. The van der Waals surface area contributed by atoms with Crippen molar-refractivity contribution in [1.82, 2.24) is 0 Å². The number of hydrogen-bond acceptors (Lipinski definition) is 3. The van der Waals surface area contributed by atoms with Crippen LogP contribution in [0, 0.1) is 0 Å². The molecule has 226 valence electrons. The summed E-state index contributed by atoms with van der Waals surface area (Å²) in [7, 11) is 0. The quantitative estimate of drug-likeness (QED) is 0.181. The lowest BCUT2D eigenvalue weighted by atomic mass is 9.83. The molecule has 0 aliphatic heterocycles.